The molecule has 2 aromatic rings. The zero-order valence-corrected chi connectivity index (χ0v) is 18.2. The van der Waals surface area contributed by atoms with Crippen molar-refractivity contribution in [2.75, 3.05) is 13.1 Å². The lowest BCUT2D eigenvalue weighted by molar-refractivity contribution is -0.133. The standard InChI is InChI=1S/C24H32FN3O3/c1-2-14-27(24(30)26-21-7-4-3-5-8-21)18-23(29)28(17-22-9-6-15-31-22)16-19-10-12-20(25)13-11-19/h6,9-13,15,21H,2-5,7-8,14,16-18H2,1H3,(H,26,30). The summed E-state index contributed by atoms with van der Waals surface area (Å²) in [7, 11) is 0. The number of hydrogen-bond donors (Lipinski definition) is 1. The second-order valence-electron chi connectivity index (χ2n) is 8.16. The van der Waals surface area contributed by atoms with Gasteiger partial charge in [-0.05, 0) is 49.1 Å². The van der Waals surface area contributed by atoms with Crippen LogP contribution >= 0.6 is 0 Å². The molecule has 1 aromatic carbocycles. The molecule has 3 amide bonds. The van der Waals surface area contributed by atoms with Gasteiger partial charge in [-0.3, -0.25) is 4.79 Å². The van der Waals surface area contributed by atoms with Crippen LogP contribution < -0.4 is 5.32 Å². The lowest BCUT2D eigenvalue weighted by Gasteiger charge is -2.30. The SMILES string of the molecule is CCCN(CC(=O)N(Cc1ccc(F)cc1)Cc1ccco1)C(=O)NC1CCCCC1. The molecule has 1 N–H and O–H groups in total. The van der Waals surface area contributed by atoms with Gasteiger partial charge in [-0.15, -0.1) is 0 Å². The lowest BCUT2D eigenvalue weighted by atomic mass is 9.96. The molecule has 0 atom stereocenters. The van der Waals surface area contributed by atoms with Crippen molar-refractivity contribution in [3.05, 3.63) is 59.8 Å². The van der Waals surface area contributed by atoms with Crippen LogP contribution in [0.1, 0.15) is 56.8 Å². The predicted octanol–water partition coefficient (Wildman–Crippen LogP) is 4.70. The number of nitrogens with zero attached hydrogens (tertiary/aromatic N) is 2. The minimum absolute atomic E-state index is 0.00566. The van der Waals surface area contributed by atoms with Gasteiger partial charge in [-0.25, -0.2) is 9.18 Å². The van der Waals surface area contributed by atoms with Gasteiger partial charge < -0.3 is 19.5 Å². The topological polar surface area (TPSA) is 65.8 Å². The Kier molecular flexibility index (Phi) is 8.50. The molecule has 168 valence electrons. The smallest absolute Gasteiger partial charge is 0.318 e. The molecule has 1 heterocycles. The molecular weight excluding hydrogens is 397 g/mol. The number of halogens is 1. The Labute approximate surface area is 183 Å². The van der Waals surface area contributed by atoms with Gasteiger partial charge in [-0.1, -0.05) is 38.3 Å². The summed E-state index contributed by atoms with van der Waals surface area (Å²) in [4.78, 5) is 29.3. The molecule has 0 spiro atoms. The predicted molar refractivity (Wildman–Crippen MR) is 117 cm³/mol. The highest BCUT2D eigenvalue weighted by Gasteiger charge is 2.24. The number of benzene rings is 1. The fourth-order valence-electron chi connectivity index (χ4n) is 3.93. The molecule has 0 bridgehead atoms. The van der Waals surface area contributed by atoms with E-state index in [2.05, 4.69) is 5.32 Å². The van der Waals surface area contributed by atoms with Gasteiger partial charge in [0.15, 0.2) is 0 Å². The van der Waals surface area contributed by atoms with Crippen molar-refractivity contribution in [3.63, 3.8) is 0 Å². The largest absolute Gasteiger partial charge is 0.467 e. The molecule has 1 aliphatic carbocycles. The third-order valence-electron chi connectivity index (χ3n) is 5.61. The van der Waals surface area contributed by atoms with Gasteiger partial charge >= 0.3 is 6.03 Å². The number of carbonyl (C=O) groups is 2. The minimum atomic E-state index is -0.318. The molecule has 3 rings (SSSR count). The first-order valence-electron chi connectivity index (χ1n) is 11.1. The molecule has 7 heteroatoms. The summed E-state index contributed by atoms with van der Waals surface area (Å²) >= 11 is 0. The first-order chi connectivity index (χ1) is 15.0. The summed E-state index contributed by atoms with van der Waals surface area (Å²) < 4.78 is 18.7. The molecule has 1 fully saturated rings. The summed E-state index contributed by atoms with van der Waals surface area (Å²) in [5, 5.41) is 3.11. The summed E-state index contributed by atoms with van der Waals surface area (Å²) in [5.74, 6) is 0.165. The first kappa shape index (κ1) is 22.8. The van der Waals surface area contributed by atoms with E-state index in [0.29, 0.717) is 18.8 Å². The second kappa shape index (κ2) is 11.5. The van der Waals surface area contributed by atoms with Gasteiger partial charge in [0.25, 0.3) is 0 Å². The van der Waals surface area contributed by atoms with E-state index in [1.165, 1.54) is 18.6 Å². The number of carbonyl (C=O) groups excluding carboxylic acids is 2. The zero-order valence-electron chi connectivity index (χ0n) is 18.2. The highest BCUT2D eigenvalue weighted by Crippen LogP contribution is 2.18. The number of amides is 3. The number of furan rings is 1. The quantitative estimate of drug-likeness (QED) is 0.628. The number of hydrogen-bond acceptors (Lipinski definition) is 3. The summed E-state index contributed by atoms with van der Waals surface area (Å²) in [6, 6.07) is 9.68. The third-order valence-corrected chi connectivity index (χ3v) is 5.61. The lowest BCUT2D eigenvalue weighted by Crippen LogP contribution is -2.49. The molecule has 6 nitrogen and oxygen atoms in total. The van der Waals surface area contributed by atoms with Crippen LogP contribution in [0, 0.1) is 5.82 Å². The van der Waals surface area contributed by atoms with E-state index in [0.717, 1.165) is 37.7 Å². The zero-order chi connectivity index (χ0) is 22.1. The molecule has 0 aliphatic heterocycles. The van der Waals surface area contributed by atoms with Crippen molar-refractivity contribution in [1.82, 2.24) is 15.1 Å². The van der Waals surface area contributed by atoms with Gasteiger partial charge in [0, 0.05) is 19.1 Å². The van der Waals surface area contributed by atoms with Crippen molar-refractivity contribution in [2.45, 2.75) is 64.6 Å². The Morgan fingerprint density at radius 3 is 2.45 bits per heavy atom. The van der Waals surface area contributed by atoms with E-state index in [-0.39, 0.29) is 36.9 Å². The van der Waals surface area contributed by atoms with E-state index in [9.17, 15) is 14.0 Å². The van der Waals surface area contributed by atoms with Crippen LogP contribution in [0.15, 0.2) is 47.1 Å². The molecule has 1 aliphatic rings. The maximum absolute atomic E-state index is 13.3. The highest BCUT2D eigenvalue weighted by molar-refractivity contribution is 5.84. The maximum Gasteiger partial charge on any atom is 0.318 e. The monoisotopic (exact) mass is 429 g/mol. The van der Waals surface area contributed by atoms with Gasteiger partial charge in [0.1, 0.15) is 18.1 Å². The maximum atomic E-state index is 13.3. The Morgan fingerprint density at radius 2 is 1.81 bits per heavy atom. The normalized spacial score (nSPS) is 14.3. The second-order valence-corrected chi connectivity index (χ2v) is 8.16. The molecule has 0 radical (unpaired) electrons. The van der Waals surface area contributed by atoms with Gasteiger partial charge in [0.2, 0.25) is 5.91 Å². The molecule has 0 saturated heterocycles. The van der Waals surface area contributed by atoms with Crippen LogP contribution in [0.3, 0.4) is 0 Å². The van der Waals surface area contributed by atoms with Gasteiger partial charge in [0.05, 0.1) is 12.8 Å². The summed E-state index contributed by atoms with van der Waals surface area (Å²) in [6.45, 7) is 3.09. The third kappa shape index (κ3) is 7.12. The van der Waals surface area contributed by atoms with E-state index >= 15 is 0 Å². The Bertz CT molecular complexity index is 817. The molecule has 0 unspecified atom stereocenters. The average molecular weight is 430 g/mol. The van der Waals surface area contributed by atoms with Crippen molar-refractivity contribution >= 4 is 11.9 Å². The van der Waals surface area contributed by atoms with E-state index in [1.54, 1.807) is 34.3 Å². The molecule has 1 saturated carbocycles. The van der Waals surface area contributed by atoms with Crippen LogP contribution in [-0.4, -0.2) is 40.9 Å². The Hall–Kier alpha value is -2.83. The molecule has 31 heavy (non-hydrogen) atoms. The van der Waals surface area contributed by atoms with E-state index < -0.39 is 0 Å². The van der Waals surface area contributed by atoms with Crippen molar-refractivity contribution < 1.29 is 18.4 Å². The van der Waals surface area contributed by atoms with Crippen LogP contribution in [0.5, 0.6) is 0 Å². The van der Waals surface area contributed by atoms with Crippen LogP contribution in [0.4, 0.5) is 9.18 Å². The minimum Gasteiger partial charge on any atom is -0.467 e. The van der Waals surface area contributed by atoms with Crippen LogP contribution in [0.2, 0.25) is 0 Å². The van der Waals surface area contributed by atoms with Crippen LogP contribution in [-0.2, 0) is 17.9 Å². The first-order valence-corrected chi connectivity index (χ1v) is 11.1. The van der Waals surface area contributed by atoms with Crippen molar-refractivity contribution in [3.8, 4) is 0 Å². The van der Waals surface area contributed by atoms with E-state index in [4.69, 9.17) is 4.42 Å². The molecule has 1 aromatic heterocycles. The highest BCUT2D eigenvalue weighted by atomic mass is 19.1. The Balaban J connectivity index is 1.67. The average Bonchev–Trinajstić information content (AvgIpc) is 3.28. The van der Waals surface area contributed by atoms with Crippen molar-refractivity contribution in [2.24, 2.45) is 0 Å². The molecular formula is C24H32FN3O3. The number of rotatable bonds is 9. The van der Waals surface area contributed by atoms with Crippen molar-refractivity contribution in [1.29, 1.82) is 0 Å². The number of urea groups is 1. The summed E-state index contributed by atoms with van der Waals surface area (Å²) in [5.41, 5.74) is 0.815. The fourth-order valence-corrected chi connectivity index (χ4v) is 3.93. The van der Waals surface area contributed by atoms with E-state index in [1.807, 2.05) is 13.0 Å². The number of nitrogens with one attached hydrogen (secondary N) is 1. The fraction of sp³-hybridized carbons (Fsp3) is 0.500. The van der Waals surface area contributed by atoms with Gasteiger partial charge in [-0.2, -0.15) is 0 Å². The Morgan fingerprint density at radius 1 is 1.06 bits per heavy atom. The van der Waals surface area contributed by atoms with Crippen LogP contribution in [0.25, 0.3) is 0 Å². The summed E-state index contributed by atoms with van der Waals surface area (Å²) in [6.07, 6.45) is 7.80.